The molecule has 0 spiro atoms. The molecule has 1 fully saturated rings. The number of fused-ring (bicyclic) bond motifs is 1. The summed E-state index contributed by atoms with van der Waals surface area (Å²) >= 11 is 1.05. The fraction of sp³-hybridized carbons (Fsp3) is 0.429. The lowest BCUT2D eigenvalue weighted by Crippen LogP contribution is -2.39. The van der Waals surface area contributed by atoms with Gasteiger partial charge >= 0.3 is 6.18 Å². The van der Waals surface area contributed by atoms with Crippen molar-refractivity contribution < 1.29 is 27.4 Å². The van der Waals surface area contributed by atoms with Crippen LogP contribution in [0.1, 0.15) is 23.3 Å². The quantitative estimate of drug-likeness (QED) is 0.273. The van der Waals surface area contributed by atoms with Crippen LogP contribution in [0.5, 0.6) is 11.6 Å². The Morgan fingerprint density at radius 1 is 1.02 bits per heavy atom. The number of methoxy groups -OCH3 is 3. The van der Waals surface area contributed by atoms with Crippen LogP contribution in [-0.4, -0.2) is 72.9 Å². The standard InChI is InChI=1S/C28H31F3N6O3S/c1-37(25-20-11-19(13-28(29,30)31)41-27(20)34-15-33-25)22-9-18(10-23(22)38-2)32-14-16-5-7-17(8-6-16)21-12-24(39-3)26(40-4)36-35-21/h5-8,11-12,15,18,22-23,32H,9-10,13-14H2,1-4H3. The van der Waals surface area contributed by atoms with Crippen LogP contribution in [0.15, 0.2) is 42.7 Å². The number of rotatable bonds is 10. The van der Waals surface area contributed by atoms with E-state index in [2.05, 4.69) is 25.5 Å². The summed E-state index contributed by atoms with van der Waals surface area (Å²) in [6.45, 7) is 0.665. The number of thiophene rings is 1. The molecule has 0 saturated heterocycles. The normalized spacial score (nSPS) is 19.0. The van der Waals surface area contributed by atoms with Crippen molar-refractivity contribution in [2.45, 2.75) is 50.2 Å². The van der Waals surface area contributed by atoms with Crippen molar-refractivity contribution in [2.75, 3.05) is 33.3 Å². The monoisotopic (exact) mass is 588 g/mol. The van der Waals surface area contributed by atoms with E-state index in [1.54, 1.807) is 26.4 Å². The molecule has 1 N–H and O–H groups in total. The Labute approximate surface area is 239 Å². The lowest BCUT2D eigenvalue weighted by Gasteiger charge is -2.30. The summed E-state index contributed by atoms with van der Waals surface area (Å²) in [6, 6.07) is 11.6. The SMILES string of the molecule is COc1cc(-c2ccc(CNC3CC(OC)C(N(C)c4ncnc5sc(CC(F)(F)F)cc45)C3)cc2)nnc1OC. The molecule has 4 aromatic rings. The van der Waals surface area contributed by atoms with Gasteiger partial charge in [-0.05, 0) is 24.5 Å². The number of halogens is 3. The van der Waals surface area contributed by atoms with Gasteiger partial charge in [-0.1, -0.05) is 24.3 Å². The second-order valence-corrected chi connectivity index (χ2v) is 11.0. The van der Waals surface area contributed by atoms with Crippen molar-refractivity contribution in [3.8, 4) is 22.9 Å². The predicted octanol–water partition coefficient (Wildman–Crippen LogP) is 5.04. The summed E-state index contributed by atoms with van der Waals surface area (Å²) in [5.41, 5.74) is 2.70. The third kappa shape index (κ3) is 6.52. The maximum Gasteiger partial charge on any atom is 0.393 e. The lowest BCUT2D eigenvalue weighted by atomic mass is 10.1. The number of benzene rings is 1. The van der Waals surface area contributed by atoms with Crippen LogP contribution in [0.3, 0.4) is 0 Å². The van der Waals surface area contributed by atoms with Crippen molar-refractivity contribution in [3.63, 3.8) is 0 Å². The summed E-state index contributed by atoms with van der Waals surface area (Å²) in [7, 11) is 6.67. The van der Waals surface area contributed by atoms with E-state index < -0.39 is 12.6 Å². The van der Waals surface area contributed by atoms with Gasteiger partial charge in [0.25, 0.3) is 5.88 Å². The maximum absolute atomic E-state index is 13.0. The Kier molecular flexibility index (Phi) is 8.57. The topological polar surface area (TPSA) is 94.5 Å². The fourth-order valence-electron chi connectivity index (χ4n) is 5.27. The highest BCUT2D eigenvalue weighted by molar-refractivity contribution is 7.18. The molecule has 3 unspecified atom stereocenters. The number of likely N-dealkylation sites (N-methyl/N-ethyl adjacent to an activating group) is 1. The van der Waals surface area contributed by atoms with Gasteiger partial charge in [-0.3, -0.25) is 0 Å². The van der Waals surface area contributed by atoms with Gasteiger partial charge in [0.2, 0.25) is 0 Å². The van der Waals surface area contributed by atoms with Crippen LogP contribution in [0.2, 0.25) is 0 Å². The smallest absolute Gasteiger partial charge is 0.393 e. The molecule has 41 heavy (non-hydrogen) atoms. The highest BCUT2D eigenvalue weighted by Gasteiger charge is 2.38. The number of alkyl halides is 3. The molecule has 1 saturated carbocycles. The van der Waals surface area contributed by atoms with Gasteiger partial charge in [0.05, 0.1) is 43.9 Å². The molecule has 0 aliphatic heterocycles. The van der Waals surface area contributed by atoms with Crippen LogP contribution in [-0.2, 0) is 17.7 Å². The Hall–Kier alpha value is -3.55. The molecule has 1 aliphatic carbocycles. The van der Waals surface area contributed by atoms with E-state index in [0.717, 1.165) is 35.3 Å². The zero-order chi connectivity index (χ0) is 29.1. The van der Waals surface area contributed by atoms with E-state index in [-0.39, 0.29) is 23.1 Å². The van der Waals surface area contributed by atoms with E-state index in [9.17, 15) is 13.2 Å². The maximum atomic E-state index is 13.0. The van der Waals surface area contributed by atoms with Crippen LogP contribution in [0.4, 0.5) is 19.0 Å². The van der Waals surface area contributed by atoms with E-state index in [1.807, 2.05) is 36.2 Å². The van der Waals surface area contributed by atoms with Gasteiger partial charge in [0, 0.05) is 43.3 Å². The van der Waals surface area contributed by atoms with Crippen molar-refractivity contribution in [1.82, 2.24) is 25.5 Å². The first-order chi connectivity index (χ1) is 19.7. The molecule has 3 aromatic heterocycles. The minimum absolute atomic E-state index is 0.00688. The molecule has 0 bridgehead atoms. The second kappa shape index (κ2) is 12.1. The molecular weight excluding hydrogens is 557 g/mol. The average molecular weight is 589 g/mol. The van der Waals surface area contributed by atoms with E-state index in [1.165, 1.54) is 13.4 Å². The third-order valence-corrected chi connectivity index (χ3v) is 8.37. The molecule has 1 aromatic carbocycles. The molecule has 218 valence electrons. The molecule has 3 atom stereocenters. The van der Waals surface area contributed by atoms with Crippen LogP contribution in [0, 0.1) is 0 Å². The molecule has 0 radical (unpaired) electrons. The first kappa shape index (κ1) is 29.0. The van der Waals surface area contributed by atoms with Crippen molar-refractivity contribution in [3.05, 3.63) is 53.2 Å². The van der Waals surface area contributed by atoms with Crippen LogP contribution in [0.25, 0.3) is 21.5 Å². The number of anilines is 1. The third-order valence-electron chi connectivity index (χ3n) is 7.33. The molecule has 5 rings (SSSR count). The van der Waals surface area contributed by atoms with Gasteiger partial charge in [0.1, 0.15) is 17.0 Å². The Bertz CT molecular complexity index is 1480. The Morgan fingerprint density at radius 3 is 2.49 bits per heavy atom. The highest BCUT2D eigenvalue weighted by Crippen LogP contribution is 2.36. The van der Waals surface area contributed by atoms with Gasteiger partial charge in [-0.25, -0.2) is 9.97 Å². The van der Waals surface area contributed by atoms with E-state index in [0.29, 0.717) is 39.9 Å². The average Bonchev–Trinajstić information content (AvgIpc) is 3.57. The van der Waals surface area contributed by atoms with E-state index in [4.69, 9.17) is 14.2 Å². The summed E-state index contributed by atoms with van der Waals surface area (Å²) < 4.78 is 55.3. The van der Waals surface area contributed by atoms with Gasteiger partial charge in [-0.2, -0.15) is 13.2 Å². The number of hydrogen-bond acceptors (Lipinski definition) is 10. The summed E-state index contributed by atoms with van der Waals surface area (Å²) in [4.78, 5) is 11.4. The molecule has 9 nitrogen and oxygen atoms in total. The largest absolute Gasteiger partial charge is 0.491 e. The summed E-state index contributed by atoms with van der Waals surface area (Å²) in [6.07, 6.45) is -2.33. The first-order valence-electron chi connectivity index (χ1n) is 13.0. The minimum atomic E-state index is -4.27. The van der Waals surface area contributed by atoms with Gasteiger partial charge in [0.15, 0.2) is 5.75 Å². The molecular formula is C28H31F3N6O3S. The number of hydrogen-bond donors (Lipinski definition) is 1. The molecule has 13 heteroatoms. The van der Waals surface area contributed by atoms with E-state index >= 15 is 0 Å². The highest BCUT2D eigenvalue weighted by atomic mass is 32.1. The number of nitrogens with zero attached hydrogens (tertiary/aromatic N) is 5. The number of aromatic nitrogens is 4. The van der Waals surface area contributed by atoms with Gasteiger partial charge < -0.3 is 24.4 Å². The number of nitrogens with one attached hydrogen (secondary N) is 1. The fourth-order valence-corrected chi connectivity index (χ4v) is 6.29. The Morgan fingerprint density at radius 2 is 1.80 bits per heavy atom. The van der Waals surface area contributed by atoms with Crippen molar-refractivity contribution in [1.29, 1.82) is 0 Å². The molecule has 0 amide bonds. The second-order valence-electron chi connectivity index (χ2n) is 9.93. The summed E-state index contributed by atoms with van der Waals surface area (Å²) in [5.74, 6) is 1.46. The Balaban J connectivity index is 1.24. The first-order valence-corrected chi connectivity index (χ1v) is 13.8. The lowest BCUT2D eigenvalue weighted by molar-refractivity contribution is -0.126. The van der Waals surface area contributed by atoms with Gasteiger partial charge in [-0.15, -0.1) is 21.5 Å². The predicted molar refractivity (Wildman–Crippen MR) is 151 cm³/mol. The molecule has 3 heterocycles. The van der Waals surface area contributed by atoms with Crippen LogP contribution >= 0.6 is 11.3 Å². The number of ether oxygens (including phenoxy) is 3. The van der Waals surface area contributed by atoms with Crippen molar-refractivity contribution in [2.24, 2.45) is 0 Å². The summed E-state index contributed by atoms with van der Waals surface area (Å²) in [5, 5.41) is 12.6. The zero-order valence-corrected chi connectivity index (χ0v) is 23.9. The van der Waals surface area contributed by atoms with Crippen molar-refractivity contribution >= 4 is 27.4 Å². The molecule has 1 aliphatic rings. The zero-order valence-electron chi connectivity index (χ0n) is 23.1. The van der Waals surface area contributed by atoms with Crippen LogP contribution < -0.4 is 19.7 Å². The minimum Gasteiger partial charge on any atom is -0.491 e.